The van der Waals surface area contributed by atoms with Crippen molar-refractivity contribution < 1.29 is 4.79 Å². The van der Waals surface area contributed by atoms with E-state index < -0.39 is 0 Å². The van der Waals surface area contributed by atoms with Crippen molar-refractivity contribution in [3.8, 4) is 0 Å². The van der Waals surface area contributed by atoms with Crippen molar-refractivity contribution in [3.63, 3.8) is 0 Å². The number of carbonyl (C=O) groups excluding carboxylic acids is 1. The molecule has 1 saturated heterocycles. The fourth-order valence-electron chi connectivity index (χ4n) is 2.32. The van der Waals surface area contributed by atoms with Gasteiger partial charge in [-0.3, -0.25) is 4.79 Å². The Balaban J connectivity index is 0.00000180. The number of hydrogen-bond acceptors (Lipinski definition) is 2. The van der Waals surface area contributed by atoms with Crippen molar-refractivity contribution in [2.24, 2.45) is 0 Å². The SMILES string of the molecule is CC(C)c1ccc(C(=O)N2CCNCC2C)cc1.Cl. The van der Waals surface area contributed by atoms with Crippen LogP contribution in [0.3, 0.4) is 0 Å². The predicted octanol–water partition coefficient (Wildman–Crippen LogP) is 2.67. The van der Waals surface area contributed by atoms with E-state index in [9.17, 15) is 4.79 Å². The van der Waals surface area contributed by atoms with Gasteiger partial charge < -0.3 is 10.2 Å². The third kappa shape index (κ3) is 3.71. The van der Waals surface area contributed by atoms with Gasteiger partial charge in [0.05, 0.1) is 0 Å². The fraction of sp³-hybridized carbons (Fsp3) is 0.533. The second-order valence-electron chi connectivity index (χ2n) is 5.33. The lowest BCUT2D eigenvalue weighted by atomic mass is 10.0. The Kier molecular flexibility index (Phi) is 5.83. The molecule has 4 heteroatoms. The molecule has 1 heterocycles. The highest BCUT2D eigenvalue weighted by Gasteiger charge is 2.23. The summed E-state index contributed by atoms with van der Waals surface area (Å²) in [6.45, 7) is 8.98. The molecule has 0 radical (unpaired) electrons. The van der Waals surface area contributed by atoms with Gasteiger partial charge in [-0.25, -0.2) is 0 Å². The first-order valence-corrected chi connectivity index (χ1v) is 6.71. The van der Waals surface area contributed by atoms with Gasteiger partial charge in [-0.1, -0.05) is 26.0 Å². The van der Waals surface area contributed by atoms with Crippen molar-refractivity contribution in [2.45, 2.75) is 32.7 Å². The van der Waals surface area contributed by atoms with E-state index in [1.54, 1.807) is 0 Å². The zero-order chi connectivity index (χ0) is 13.1. The highest BCUT2D eigenvalue weighted by Crippen LogP contribution is 2.16. The molecular weight excluding hydrogens is 260 g/mol. The van der Waals surface area contributed by atoms with Crippen LogP contribution < -0.4 is 5.32 Å². The van der Waals surface area contributed by atoms with Gasteiger partial charge in [0.2, 0.25) is 0 Å². The van der Waals surface area contributed by atoms with Gasteiger partial charge in [-0.2, -0.15) is 0 Å². The largest absolute Gasteiger partial charge is 0.333 e. The van der Waals surface area contributed by atoms with Crippen LogP contribution in [-0.2, 0) is 0 Å². The van der Waals surface area contributed by atoms with Crippen LogP contribution in [0.15, 0.2) is 24.3 Å². The summed E-state index contributed by atoms with van der Waals surface area (Å²) in [7, 11) is 0. The zero-order valence-electron chi connectivity index (χ0n) is 11.8. The van der Waals surface area contributed by atoms with E-state index in [0.717, 1.165) is 25.2 Å². The minimum Gasteiger partial charge on any atom is -0.333 e. The summed E-state index contributed by atoms with van der Waals surface area (Å²) in [4.78, 5) is 14.3. The van der Waals surface area contributed by atoms with Crippen LogP contribution in [0.25, 0.3) is 0 Å². The maximum atomic E-state index is 12.4. The van der Waals surface area contributed by atoms with Crippen LogP contribution in [0.2, 0.25) is 0 Å². The lowest BCUT2D eigenvalue weighted by molar-refractivity contribution is 0.0656. The molecule has 0 bridgehead atoms. The summed E-state index contributed by atoms with van der Waals surface area (Å²) in [6, 6.07) is 8.30. The number of amides is 1. The molecule has 0 spiro atoms. The van der Waals surface area contributed by atoms with Gasteiger partial charge in [-0.05, 0) is 30.5 Å². The number of carbonyl (C=O) groups is 1. The van der Waals surface area contributed by atoms with Gasteiger partial charge in [0.1, 0.15) is 0 Å². The molecule has 1 aliphatic rings. The van der Waals surface area contributed by atoms with Gasteiger partial charge in [0.15, 0.2) is 0 Å². The molecule has 1 atom stereocenters. The molecule has 1 unspecified atom stereocenters. The van der Waals surface area contributed by atoms with E-state index in [4.69, 9.17) is 0 Å². The molecular formula is C15H23ClN2O. The van der Waals surface area contributed by atoms with Gasteiger partial charge in [-0.15, -0.1) is 12.4 Å². The monoisotopic (exact) mass is 282 g/mol. The van der Waals surface area contributed by atoms with E-state index >= 15 is 0 Å². The first-order valence-electron chi connectivity index (χ1n) is 6.71. The summed E-state index contributed by atoms with van der Waals surface area (Å²) in [6.07, 6.45) is 0. The Morgan fingerprint density at radius 2 is 1.95 bits per heavy atom. The minimum absolute atomic E-state index is 0. The second kappa shape index (κ2) is 6.92. The summed E-state index contributed by atoms with van der Waals surface area (Å²) < 4.78 is 0. The number of benzene rings is 1. The average molecular weight is 283 g/mol. The van der Waals surface area contributed by atoms with Crippen LogP contribution in [0.5, 0.6) is 0 Å². The maximum absolute atomic E-state index is 12.4. The number of nitrogens with one attached hydrogen (secondary N) is 1. The molecule has 1 aromatic rings. The molecule has 1 N–H and O–H groups in total. The summed E-state index contributed by atoms with van der Waals surface area (Å²) in [5.41, 5.74) is 2.08. The maximum Gasteiger partial charge on any atom is 0.254 e. The molecule has 0 aromatic heterocycles. The Bertz CT molecular complexity index is 417. The van der Waals surface area contributed by atoms with E-state index in [0.29, 0.717) is 5.92 Å². The third-order valence-electron chi connectivity index (χ3n) is 3.59. The topological polar surface area (TPSA) is 32.3 Å². The van der Waals surface area contributed by atoms with E-state index in [1.807, 2.05) is 17.0 Å². The van der Waals surface area contributed by atoms with Crippen molar-refractivity contribution in [1.29, 1.82) is 0 Å². The third-order valence-corrected chi connectivity index (χ3v) is 3.59. The minimum atomic E-state index is 0. The van der Waals surface area contributed by atoms with Gasteiger partial charge >= 0.3 is 0 Å². The quantitative estimate of drug-likeness (QED) is 0.904. The fourth-order valence-corrected chi connectivity index (χ4v) is 2.32. The molecule has 0 aliphatic carbocycles. The van der Waals surface area contributed by atoms with E-state index in [2.05, 4.69) is 38.2 Å². The smallest absolute Gasteiger partial charge is 0.254 e. The summed E-state index contributed by atoms with van der Waals surface area (Å²) in [5.74, 6) is 0.659. The molecule has 1 fully saturated rings. The predicted molar refractivity (Wildman–Crippen MR) is 81.1 cm³/mol. The first kappa shape index (κ1) is 16.0. The summed E-state index contributed by atoms with van der Waals surface area (Å²) in [5, 5.41) is 3.30. The molecule has 3 nitrogen and oxygen atoms in total. The van der Waals surface area contributed by atoms with Crippen LogP contribution in [0, 0.1) is 0 Å². The molecule has 1 aromatic carbocycles. The lowest BCUT2D eigenvalue weighted by Crippen LogP contribution is -2.52. The molecule has 1 aliphatic heterocycles. The average Bonchev–Trinajstić information content (AvgIpc) is 2.38. The Morgan fingerprint density at radius 3 is 2.47 bits per heavy atom. The number of hydrogen-bond donors (Lipinski definition) is 1. The second-order valence-corrected chi connectivity index (χ2v) is 5.33. The van der Waals surface area contributed by atoms with Crippen LogP contribution >= 0.6 is 12.4 Å². The Hall–Kier alpha value is -1.06. The first-order chi connectivity index (χ1) is 8.59. The van der Waals surface area contributed by atoms with Gasteiger partial charge in [0, 0.05) is 31.2 Å². The number of halogens is 1. The van der Waals surface area contributed by atoms with Crippen molar-refractivity contribution in [2.75, 3.05) is 19.6 Å². The van der Waals surface area contributed by atoms with Crippen LogP contribution in [0.1, 0.15) is 42.6 Å². The lowest BCUT2D eigenvalue weighted by Gasteiger charge is -2.34. The van der Waals surface area contributed by atoms with Crippen LogP contribution in [-0.4, -0.2) is 36.5 Å². The standard InChI is InChI=1S/C15H22N2O.ClH/c1-11(2)13-4-6-14(7-5-13)15(18)17-9-8-16-10-12(17)3;/h4-7,11-12,16H,8-10H2,1-3H3;1H. The number of rotatable bonds is 2. The van der Waals surface area contributed by atoms with Crippen LogP contribution in [0.4, 0.5) is 0 Å². The van der Waals surface area contributed by atoms with E-state index in [1.165, 1.54) is 5.56 Å². The Morgan fingerprint density at radius 1 is 1.32 bits per heavy atom. The van der Waals surface area contributed by atoms with Crippen molar-refractivity contribution in [1.82, 2.24) is 10.2 Å². The summed E-state index contributed by atoms with van der Waals surface area (Å²) >= 11 is 0. The van der Waals surface area contributed by atoms with Crippen molar-refractivity contribution in [3.05, 3.63) is 35.4 Å². The molecule has 2 rings (SSSR count). The van der Waals surface area contributed by atoms with Crippen molar-refractivity contribution >= 4 is 18.3 Å². The molecule has 19 heavy (non-hydrogen) atoms. The molecule has 1 amide bonds. The normalized spacial score (nSPS) is 19.2. The molecule has 0 saturated carbocycles. The number of nitrogens with zero attached hydrogens (tertiary/aromatic N) is 1. The number of piperazine rings is 1. The highest BCUT2D eigenvalue weighted by atomic mass is 35.5. The Labute approximate surface area is 121 Å². The zero-order valence-corrected chi connectivity index (χ0v) is 12.7. The van der Waals surface area contributed by atoms with Gasteiger partial charge in [0.25, 0.3) is 5.91 Å². The highest BCUT2D eigenvalue weighted by molar-refractivity contribution is 5.94. The molecule has 106 valence electrons. The van der Waals surface area contributed by atoms with E-state index in [-0.39, 0.29) is 24.4 Å².